The number of carbonyl (C=O) groups excluding carboxylic acids is 1. The molecule has 6 nitrogen and oxygen atoms in total. The van der Waals surface area contributed by atoms with Crippen LogP contribution in [0.2, 0.25) is 0 Å². The zero-order valence-corrected chi connectivity index (χ0v) is 12.5. The Morgan fingerprint density at radius 3 is 2.24 bits per heavy atom. The molecule has 1 rings (SSSR count). The number of aliphatic hydroxyl groups excluding tert-OH is 1. The quantitative estimate of drug-likeness (QED) is 0.575. The molecule has 2 N–H and O–H groups in total. The van der Waals surface area contributed by atoms with Crippen molar-refractivity contribution in [3.8, 4) is 0 Å². The Morgan fingerprint density at radius 1 is 1.19 bits per heavy atom. The lowest BCUT2D eigenvalue weighted by molar-refractivity contribution is -0.873. The van der Waals surface area contributed by atoms with Crippen LogP contribution in [0, 0.1) is 0 Å². The summed E-state index contributed by atoms with van der Waals surface area (Å²) in [5, 5.41) is 18.8. The van der Waals surface area contributed by atoms with Crippen molar-refractivity contribution < 1.29 is 29.0 Å². The molecule has 0 aliphatic rings. The molecule has 0 saturated carbocycles. The average molecular weight is 296 g/mol. The van der Waals surface area contributed by atoms with Gasteiger partial charge in [-0.3, -0.25) is 4.79 Å². The fourth-order valence-corrected chi connectivity index (χ4v) is 1.95. The molecule has 116 valence electrons. The number of ether oxygens (including phenoxy) is 1. The van der Waals surface area contributed by atoms with E-state index in [1.165, 1.54) is 0 Å². The van der Waals surface area contributed by atoms with Gasteiger partial charge >= 0.3 is 11.9 Å². The predicted octanol–water partition coefficient (Wildman–Crippen LogP) is 0.813. The van der Waals surface area contributed by atoms with E-state index in [2.05, 4.69) is 0 Å². The van der Waals surface area contributed by atoms with Gasteiger partial charge in [0.1, 0.15) is 6.54 Å². The van der Waals surface area contributed by atoms with Crippen molar-refractivity contribution in [2.24, 2.45) is 0 Å². The Morgan fingerprint density at radius 2 is 1.76 bits per heavy atom. The normalized spacial score (nSPS) is 14.3. The molecule has 0 heterocycles. The second-order valence-electron chi connectivity index (χ2n) is 5.94. The van der Waals surface area contributed by atoms with Crippen LogP contribution < -0.4 is 0 Å². The third-order valence-electron chi connectivity index (χ3n) is 2.78. The summed E-state index contributed by atoms with van der Waals surface area (Å²) in [5.41, 5.74) is 0.418. The first-order valence-electron chi connectivity index (χ1n) is 6.65. The number of carbonyl (C=O) groups is 2. The first kappa shape index (κ1) is 17.1. The molecule has 1 aromatic carbocycles. The first-order chi connectivity index (χ1) is 9.69. The largest absolute Gasteiger partial charge is 0.481 e. The van der Waals surface area contributed by atoms with Crippen LogP contribution in [0.15, 0.2) is 30.3 Å². The fraction of sp³-hybridized carbons (Fsp3) is 0.467. The fourth-order valence-electron chi connectivity index (χ4n) is 1.95. The first-order valence-corrected chi connectivity index (χ1v) is 6.65. The van der Waals surface area contributed by atoms with Gasteiger partial charge in [0.25, 0.3) is 0 Å². The summed E-state index contributed by atoms with van der Waals surface area (Å²) in [5.74, 6) is -1.88. The van der Waals surface area contributed by atoms with Crippen molar-refractivity contribution in [2.75, 3.05) is 27.7 Å². The number of likely N-dealkylation sites (N-methyl/N-ethyl adjacent to an activating group) is 1. The van der Waals surface area contributed by atoms with E-state index in [4.69, 9.17) is 9.84 Å². The molecule has 0 saturated heterocycles. The smallest absolute Gasteiger partial charge is 0.340 e. The molecule has 0 fully saturated rings. The van der Waals surface area contributed by atoms with E-state index in [1.807, 2.05) is 21.1 Å². The number of aliphatic hydroxyl groups is 1. The van der Waals surface area contributed by atoms with Crippen molar-refractivity contribution >= 4 is 11.9 Å². The molecule has 21 heavy (non-hydrogen) atoms. The average Bonchev–Trinajstić information content (AvgIpc) is 2.36. The second kappa shape index (κ2) is 7.19. The summed E-state index contributed by atoms with van der Waals surface area (Å²) in [4.78, 5) is 22.8. The molecule has 0 radical (unpaired) electrons. The summed E-state index contributed by atoms with van der Waals surface area (Å²) in [6.07, 6.45) is -2.48. The van der Waals surface area contributed by atoms with Crippen molar-refractivity contribution in [3.05, 3.63) is 35.9 Å². The highest BCUT2D eigenvalue weighted by Gasteiger charge is 2.28. The lowest BCUT2D eigenvalue weighted by Crippen LogP contribution is -2.44. The number of rotatable bonds is 7. The molecule has 0 bridgehead atoms. The molecule has 0 aromatic heterocycles. The van der Waals surface area contributed by atoms with Crippen molar-refractivity contribution in [3.63, 3.8) is 0 Å². The molecule has 0 amide bonds. The number of carboxylic acids is 1. The third kappa shape index (κ3) is 6.37. The van der Waals surface area contributed by atoms with Crippen LogP contribution in [0.5, 0.6) is 0 Å². The Hall–Kier alpha value is -1.92. The minimum atomic E-state index is -1.41. The van der Waals surface area contributed by atoms with Gasteiger partial charge in [0, 0.05) is 0 Å². The Labute approximate surface area is 124 Å². The number of quaternary nitrogens is 1. The zero-order chi connectivity index (χ0) is 16.0. The molecule has 1 aromatic rings. The zero-order valence-electron chi connectivity index (χ0n) is 12.5. The van der Waals surface area contributed by atoms with E-state index < -0.39 is 24.1 Å². The van der Waals surface area contributed by atoms with Crippen molar-refractivity contribution in [2.45, 2.75) is 18.6 Å². The van der Waals surface area contributed by atoms with E-state index in [9.17, 15) is 14.7 Å². The Bertz CT molecular complexity index is 481. The Balaban J connectivity index is 2.73. The highest BCUT2D eigenvalue weighted by atomic mass is 16.6. The van der Waals surface area contributed by atoms with Crippen LogP contribution in [0.25, 0.3) is 0 Å². The van der Waals surface area contributed by atoms with Gasteiger partial charge in [0.05, 0.1) is 27.6 Å². The lowest BCUT2D eigenvalue weighted by Gasteiger charge is -2.28. The van der Waals surface area contributed by atoms with Gasteiger partial charge in [0.15, 0.2) is 12.2 Å². The van der Waals surface area contributed by atoms with E-state index >= 15 is 0 Å². The van der Waals surface area contributed by atoms with Crippen LogP contribution in [0.3, 0.4) is 0 Å². The summed E-state index contributed by atoms with van der Waals surface area (Å²) in [6, 6.07) is 8.39. The number of aliphatic carboxylic acids is 1. The molecular weight excluding hydrogens is 274 g/mol. The molecule has 0 aliphatic carbocycles. The van der Waals surface area contributed by atoms with Gasteiger partial charge in [-0.25, -0.2) is 4.79 Å². The molecule has 0 unspecified atom stereocenters. The number of esters is 1. The van der Waals surface area contributed by atoms with E-state index in [-0.39, 0.29) is 6.42 Å². The van der Waals surface area contributed by atoms with Crippen LogP contribution >= 0.6 is 0 Å². The number of hydrogen-bond donors (Lipinski definition) is 2. The van der Waals surface area contributed by atoms with Crippen LogP contribution in [0.1, 0.15) is 18.1 Å². The van der Waals surface area contributed by atoms with E-state index in [1.54, 1.807) is 30.3 Å². The Kier molecular flexibility index (Phi) is 5.87. The highest BCUT2D eigenvalue weighted by molar-refractivity contribution is 5.77. The van der Waals surface area contributed by atoms with Crippen LogP contribution in [-0.4, -0.2) is 60.4 Å². The lowest BCUT2D eigenvalue weighted by atomic mass is 10.1. The van der Waals surface area contributed by atoms with Crippen molar-refractivity contribution in [1.29, 1.82) is 0 Å². The molecular formula is C15H22NO5+. The van der Waals surface area contributed by atoms with E-state index in [0.29, 0.717) is 16.6 Å². The van der Waals surface area contributed by atoms with Gasteiger partial charge in [-0.05, 0) is 5.56 Å². The number of hydrogen-bond acceptors (Lipinski definition) is 4. The molecule has 0 spiro atoms. The van der Waals surface area contributed by atoms with Gasteiger partial charge in [-0.1, -0.05) is 30.3 Å². The maximum Gasteiger partial charge on any atom is 0.340 e. The minimum Gasteiger partial charge on any atom is -0.481 e. The van der Waals surface area contributed by atoms with Gasteiger partial charge in [-0.15, -0.1) is 0 Å². The van der Waals surface area contributed by atoms with Gasteiger partial charge in [-0.2, -0.15) is 0 Å². The minimum absolute atomic E-state index is 0.289. The third-order valence-corrected chi connectivity index (χ3v) is 2.78. The topological polar surface area (TPSA) is 83.8 Å². The molecule has 6 heteroatoms. The monoisotopic (exact) mass is 296 g/mol. The van der Waals surface area contributed by atoms with Crippen LogP contribution in [-0.2, 0) is 14.3 Å². The highest BCUT2D eigenvalue weighted by Crippen LogP contribution is 2.16. The predicted molar refractivity (Wildman–Crippen MR) is 76.4 cm³/mol. The SMILES string of the molecule is C[N+](C)(C)C[C@@H](CC(=O)O)OC(=O)[C@H](O)c1ccccc1. The van der Waals surface area contributed by atoms with Crippen molar-refractivity contribution in [1.82, 2.24) is 0 Å². The maximum absolute atomic E-state index is 11.9. The number of carboxylic acid groups (broad SMARTS) is 1. The summed E-state index contributed by atoms with van der Waals surface area (Å²) in [6.45, 7) is 0.347. The standard InChI is InChI=1S/C15H21NO5/c1-16(2,3)10-12(9-13(17)18)21-15(20)14(19)11-7-5-4-6-8-11/h4-8,12,14,19H,9-10H2,1-3H3/p+1/t12-,14-/m1/s1. The number of nitrogens with zero attached hydrogens (tertiary/aromatic N) is 1. The second-order valence-corrected chi connectivity index (χ2v) is 5.94. The summed E-state index contributed by atoms with van der Waals surface area (Å²) < 4.78 is 5.62. The maximum atomic E-state index is 11.9. The number of benzene rings is 1. The van der Waals surface area contributed by atoms with Gasteiger partial charge < -0.3 is 19.4 Å². The van der Waals surface area contributed by atoms with E-state index in [0.717, 1.165) is 0 Å². The summed E-state index contributed by atoms with van der Waals surface area (Å²) >= 11 is 0. The van der Waals surface area contributed by atoms with Crippen LogP contribution in [0.4, 0.5) is 0 Å². The molecule has 0 aliphatic heterocycles. The molecule has 2 atom stereocenters. The summed E-state index contributed by atoms with van der Waals surface area (Å²) in [7, 11) is 5.61. The van der Waals surface area contributed by atoms with Gasteiger partial charge in [0.2, 0.25) is 0 Å².